The first-order valence-electron chi connectivity index (χ1n) is 4.33. The Bertz CT molecular complexity index is 86.1. The van der Waals surface area contributed by atoms with Crippen molar-refractivity contribution in [2.75, 3.05) is 0 Å². The first kappa shape index (κ1) is 14.1. The summed E-state index contributed by atoms with van der Waals surface area (Å²) in [6.07, 6.45) is 4.81. The summed E-state index contributed by atoms with van der Waals surface area (Å²) in [6.45, 7) is 4.33. The van der Waals surface area contributed by atoms with Gasteiger partial charge in [-0.2, -0.15) is 0 Å². The van der Waals surface area contributed by atoms with E-state index in [-0.39, 0.29) is 6.15 Å². The molecule has 0 saturated heterocycles. The zero-order chi connectivity index (χ0) is 7.82. The summed E-state index contributed by atoms with van der Waals surface area (Å²) in [4.78, 5) is 0. The van der Waals surface area contributed by atoms with E-state index in [2.05, 4.69) is 13.8 Å². The maximum Gasteiger partial charge on any atom is -0.344 e. The van der Waals surface area contributed by atoms with Crippen molar-refractivity contribution in [3.05, 3.63) is 0 Å². The monoisotopic (exact) mass is 267 g/mol. The minimum absolute atomic E-state index is 0. The molecule has 0 spiro atoms. The van der Waals surface area contributed by atoms with Crippen LogP contribution in [0.4, 0.5) is 0 Å². The third-order valence-electron chi connectivity index (χ3n) is 1.62. The van der Waals surface area contributed by atoms with E-state index in [1.54, 1.807) is 0 Å². The molecule has 0 radical (unpaired) electrons. The van der Waals surface area contributed by atoms with Crippen LogP contribution in [-0.2, 0) is 3.08 Å². The largest absolute Gasteiger partial charge is 0.344 e. The number of rotatable bonds is 6. The van der Waals surface area contributed by atoms with E-state index < -0.39 is 19.7 Å². The van der Waals surface area contributed by atoms with Gasteiger partial charge in [-0.3, -0.25) is 0 Å². The van der Waals surface area contributed by atoms with Gasteiger partial charge in [0.1, 0.15) is 0 Å². The molecule has 0 bridgehead atoms. The van der Waals surface area contributed by atoms with Crippen molar-refractivity contribution in [2.24, 2.45) is 0 Å². The predicted molar refractivity (Wildman–Crippen MR) is 50.9 cm³/mol. The molecule has 0 aliphatic carbocycles. The van der Waals surface area contributed by atoms with E-state index in [9.17, 15) is 3.08 Å². The summed E-state index contributed by atoms with van der Waals surface area (Å²) in [6, 6.07) is 0. The van der Waals surface area contributed by atoms with Gasteiger partial charge in [0.2, 0.25) is 0 Å². The summed E-state index contributed by atoms with van der Waals surface area (Å²) >= 11 is -1.99. The van der Waals surface area contributed by atoms with Crippen LogP contribution in [0.1, 0.15) is 39.5 Å². The molecule has 0 amide bonds. The summed E-state index contributed by atoms with van der Waals surface area (Å²) in [5.41, 5.74) is 0. The standard InChI is InChI=1S/2C4H9.H3N.O.Sn/c2*1-3-4-2;;;/h2*1,3-4H2,2H3;1H3;;. The van der Waals surface area contributed by atoms with Crippen molar-refractivity contribution in [3.63, 3.8) is 0 Å². The molecule has 0 aliphatic heterocycles. The van der Waals surface area contributed by atoms with E-state index >= 15 is 0 Å². The van der Waals surface area contributed by atoms with Crippen LogP contribution in [0.5, 0.6) is 0 Å². The molecular formula is C8H21NOSn. The van der Waals surface area contributed by atoms with Crippen molar-refractivity contribution in [1.29, 1.82) is 0 Å². The van der Waals surface area contributed by atoms with Gasteiger partial charge < -0.3 is 6.15 Å². The maximum absolute atomic E-state index is 11.2. The van der Waals surface area contributed by atoms with Crippen molar-refractivity contribution >= 4 is 19.7 Å². The van der Waals surface area contributed by atoms with Crippen LogP contribution in [0, 0.1) is 0 Å². The smallest absolute Gasteiger partial charge is 0.344 e. The molecule has 0 aromatic rings. The van der Waals surface area contributed by atoms with Gasteiger partial charge in [-0.15, -0.1) is 0 Å². The van der Waals surface area contributed by atoms with Crippen molar-refractivity contribution in [1.82, 2.24) is 6.15 Å². The summed E-state index contributed by atoms with van der Waals surface area (Å²) in [5, 5.41) is 0. The van der Waals surface area contributed by atoms with Crippen LogP contribution in [0.2, 0.25) is 8.87 Å². The SMILES string of the molecule is CCC[CH2][Sn](=[O])[CH2]CCC.N. The minimum atomic E-state index is -1.99. The third kappa shape index (κ3) is 10.6. The van der Waals surface area contributed by atoms with E-state index in [1.807, 2.05) is 0 Å². The Morgan fingerprint density at radius 3 is 1.64 bits per heavy atom. The van der Waals surface area contributed by atoms with Gasteiger partial charge in [-0.25, -0.2) is 0 Å². The zero-order valence-electron chi connectivity index (χ0n) is 7.86. The van der Waals surface area contributed by atoms with Crippen molar-refractivity contribution < 1.29 is 3.08 Å². The molecule has 0 aromatic heterocycles. The van der Waals surface area contributed by atoms with E-state index in [0.717, 1.165) is 8.87 Å². The van der Waals surface area contributed by atoms with Gasteiger partial charge in [0, 0.05) is 0 Å². The fourth-order valence-electron chi connectivity index (χ4n) is 0.873. The van der Waals surface area contributed by atoms with Crippen LogP contribution in [0.15, 0.2) is 0 Å². The fraction of sp³-hybridized carbons (Fsp3) is 1.00. The Labute approximate surface area is 77.5 Å². The van der Waals surface area contributed by atoms with Gasteiger partial charge in [0.25, 0.3) is 0 Å². The normalized spacial score (nSPS) is 8.91. The van der Waals surface area contributed by atoms with Crippen LogP contribution >= 0.6 is 0 Å². The molecule has 11 heavy (non-hydrogen) atoms. The van der Waals surface area contributed by atoms with Gasteiger partial charge in [0.15, 0.2) is 0 Å². The Morgan fingerprint density at radius 1 is 1.00 bits per heavy atom. The number of hydrogen-bond donors (Lipinski definition) is 1. The average molecular weight is 266 g/mol. The second-order valence-corrected chi connectivity index (χ2v) is 8.67. The molecule has 68 valence electrons. The summed E-state index contributed by atoms with van der Waals surface area (Å²) < 4.78 is 13.4. The second kappa shape index (κ2) is 10.6. The Morgan fingerprint density at radius 2 is 1.36 bits per heavy atom. The second-order valence-electron chi connectivity index (χ2n) is 2.75. The van der Waals surface area contributed by atoms with Crippen LogP contribution in [0.3, 0.4) is 0 Å². The van der Waals surface area contributed by atoms with Crippen molar-refractivity contribution in [2.45, 2.75) is 48.4 Å². The van der Waals surface area contributed by atoms with E-state index in [1.165, 1.54) is 25.7 Å². The predicted octanol–water partition coefficient (Wildman–Crippen LogP) is 3.17. The van der Waals surface area contributed by atoms with Gasteiger partial charge >= 0.3 is 71.2 Å². The van der Waals surface area contributed by atoms with Gasteiger partial charge in [-0.05, 0) is 0 Å². The molecule has 2 nitrogen and oxygen atoms in total. The number of hydrogen-bond acceptors (Lipinski definition) is 2. The molecular weight excluding hydrogens is 245 g/mol. The Balaban J connectivity index is 0. The molecule has 0 rings (SSSR count). The zero-order valence-corrected chi connectivity index (χ0v) is 10.7. The molecule has 0 unspecified atom stereocenters. The van der Waals surface area contributed by atoms with Crippen molar-refractivity contribution in [3.8, 4) is 0 Å². The Hall–Kier alpha value is 0.559. The molecule has 0 aliphatic rings. The van der Waals surface area contributed by atoms with Gasteiger partial charge in [-0.1, -0.05) is 0 Å². The average Bonchev–Trinajstić information content (AvgIpc) is 1.97. The summed E-state index contributed by atoms with van der Waals surface area (Å²) in [5.74, 6) is 0. The quantitative estimate of drug-likeness (QED) is 0.750. The molecule has 0 aromatic carbocycles. The van der Waals surface area contributed by atoms with E-state index in [0.29, 0.717) is 0 Å². The molecule has 0 heterocycles. The first-order chi connectivity index (χ1) is 4.81. The van der Waals surface area contributed by atoms with Crippen LogP contribution in [-0.4, -0.2) is 19.7 Å². The topological polar surface area (TPSA) is 52.1 Å². The molecule has 0 atom stereocenters. The Kier molecular flexibility index (Phi) is 13.5. The molecule has 0 saturated carbocycles. The van der Waals surface area contributed by atoms with E-state index in [4.69, 9.17) is 0 Å². The maximum atomic E-state index is 11.2. The first-order valence-corrected chi connectivity index (χ1v) is 9.53. The van der Waals surface area contributed by atoms with Crippen LogP contribution < -0.4 is 6.15 Å². The molecule has 0 fully saturated rings. The van der Waals surface area contributed by atoms with Gasteiger partial charge in [0.05, 0.1) is 0 Å². The molecule has 3 N–H and O–H groups in total. The third-order valence-corrected chi connectivity index (χ3v) is 6.82. The number of unbranched alkanes of at least 4 members (excludes halogenated alkanes) is 2. The molecule has 3 heteroatoms. The minimum Gasteiger partial charge on any atom is -0.344 e. The van der Waals surface area contributed by atoms with Crippen LogP contribution in [0.25, 0.3) is 0 Å². The summed E-state index contributed by atoms with van der Waals surface area (Å²) in [7, 11) is 0. The fourth-order valence-corrected chi connectivity index (χ4v) is 5.86.